The minimum Gasteiger partial charge on any atom is -0.474 e. The summed E-state index contributed by atoms with van der Waals surface area (Å²) >= 11 is 1.85. The summed E-state index contributed by atoms with van der Waals surface area (Å²) in [6.45, 7) is 5.24. The molecule has 1 aliphatic heterocycles. The van der Waals surface area contributed by atoms with Gasteiger partial charge in [0.05, 0.1) is 0 Å². The first-order valence-corrected chi connectivity index (χ1v) is 11.5. The van der Waals surface area contributed by atoms with Crippen LogP contribution in [0.15, 0.2) is 29.8 Å². The van der Waals surface area contributed by atoms with Crippen LogP contribution in [-0.2, 0) is 19.5 Å². The SMILES string of the molecule is C[C@H](CNC(=O)NCc1cccnc1OC1CCCC1)N1CCc2sccc2C1. The Balaban J connectivity index is 1.22. The molecule has 0 bridgehead atoms. The lowest BCUT2D eigenvalue weighted by molar-refractivity contribution is 0.186. The number of nitrogens with one attached hydrogen (secondary N) is 2. The van der Waals surface area contributed by atoms with Crippen molar-refractivity contribution in [1.29, 1.82) is 0 Å². The average molecular weight is 415 g/mol. The largest absolute Gasteiger partial charge is 0.474 e. The molecule has 2 aromatic rings. The average Bonchev–Trinajstić information content (AvgIpc) is 3.42. The zero-order chi connectivity index (χ0) is 20.1. The maximum atomic E-state index is 12.3. The summed E-state index contributed by atoms with van der Waals surface area (Å²) in [5.41, 5.74) is 2.35. The molecule has 0 aromatic carbocycles. The van der Waals surface area contributed by atoms with E-state index in [-0.39, 0.29) is 12.1 Å². The van der Waals surface area contributed by atoms with Crippen molar-refractivity contribution in [1.82, 2.24) is 20.5 Å². The Bertz CT molecular complexity index is 819. The molecule has 1 saturated carbocycles. The fourth-order valence-electron chi connectivity index (χ4n) is 4.08. The molecule has 2 aromatic heterocycles. The van der Waals surface area contributed by atoms with Crippen LogP contribution in [0.4, 0.5) is 4.79 Å². The first-order chi connectivity index (χ1) is 14.2. The molecule has 2 aliphatic rings. The Morgan fingerprint density at radius 1 is 1.34 bits per heavy atom. The van der Waals surface area contributed by atoms with E-state index in [4.69, 9.17) is 4.74 Å². The van der Waals surface area contributed by atoms with E-state index in [1.54, 1.807) is 6.20 Å². The van der Waals surface area contributed by atoms with Gasteiger partial charge in [-0.25, -0.2) is 9.78 Å². The van der Waals surface area contributed by atoms with Crippen LogP contribution in [0.3, 0.4) is 0 Å². The van der Waals surface area contributed by atoms with Crippen molar-refractivity contribution in [3.63, 3.8) is 0 Å². The summed E-state index contributed by atoms with van der Waals surface area (Å²) in [4.78, 5) is 20.6. The van der Waals surface area contributed by atoms with Gasteiger partial charge in [0, 0.05) is 48.9 Å². The van der Waals surface area contributed by atoms with E-state index < -0.39 is 0 Å². The number of hydrogen-bond donors (Lipinski definition) is 2. The lowest BCUT2D eigenvalue weighted by Gasteiger charge is -2.32. The summed E-state index contributed by atoms with van der Waals surface area (Å²) in [7, 11) is 0. The van der Waals surface area contributed by atoms with E-state index in [2.05, 4.69) is 38.9 Å². The van der Waals surface area contributed by atoms with Crippen LogP contribution in [0.2, 0.25) is 0 Å². The van der Waals surface area contributed by atoms with Crippen molar-refractivity contribution in [2.24, 2.45) is 0 Å². The Morgan fingerprint density at radius 2 is 2.21 bits per heavy atom. The van der Waals surface area contributed by atoms with Crippen LogP contribution in [-0.4, -0.2) is 41.2 Å². The first kappa shape index (κ1) is 20.2. The summed E-state index contributed by atoms with van der Waals surface area (Å²) in [6.07, 6.45) is 7.72. The highest BCUT2D eigenvalue weighted by Crippen LogP contribution is 2.26. The van der Waals surface area contributed by atoms with Gasteiger partial charge in [0.2, 0.25) is 5.88 Å². The fraction of sp³-hybridized carbons (Fsp3) is 0.545. The monoisotopic (exact) mass is 414 g/mol. The predicted octanol–water partition coefficient (Wildman–Crippen LogP) is 3.71. The van der Waals surface area contributed by atoms with Crippen molar-refractivity contribution < 1.29 is 9.53 Å². The molecule has 156 valence electrons. The Kier molecular flexibility index (Phi) is 6.67. The standard InChI is InChI=1S/C22H30N4O2S/c1-16(26-11-8-20-18(15-26)9-12-29-20)13-24-22(27)25-14-17-5-4-10-23-21(17)28-19-6-2-3-7-19/h4-5,9-10,12,16,19H,2-3,6-8,11,13-15H2,1H3,(H2,24,25,27)/t16-/m1/s1. The normalized spacial score (nSPS) is 18.2. The van der Waals surface area contributed by atoms with Crippen LogP contribution in [0.5, 0.6) is 5.88 Å². The quantitative estimate of drug-likeness (QED) is 0.725. The smallest absolute Gasteiger partial charge is 0.315 e. The van der Waals surface area contributed by atoms with Crippen LogP contribution in [0.25, 0.3) is 0 Å². The molecule has 0 radical (unpaired) electrons. The third kappa shape index (κ3) is 5.28. The second kappa shape index (κ2) is 9.59. The number of nitrogens with zero attached hydrogens (tertiary/aromatic N) is 2. The van der Waals surface area contributed by atoms with Gasteiger partial charge in [0.25, 0.3) is 0 Å². The van der Waals surface area contributed by atoms with Gasteiger partial charge in [-0.15, -0.1) is 11.3 Å². The number of urea groups is 1. The molecule has 7 heteroatoms. The van der Waals surface area contributed by atoms with Gasteiger partial charge in [0.15, 0.2) is 0 Å². The number of aromatic nitrogens is 1. The Morgan fingerprint density at radius 3 is 3.07 bits per heavy atom. The molecule has 0 saturated heterocycles. The van der Waals surface area contributed by atoms with E-state index in [0.717, 1.165) is 37.9 Å². The van der Waals surface area contributed by atoms with Gasteiger partial charge < -0.3 is 15.4 Å². The maximum absolute atomic E-state index is 12.3. The van der Waals surface area contributed by atoms with Gasteiger partial charge in [-0.2, -0.15) is 0 Å². The van der Waals surface area contributed by atoms with E-state index in [1.165, 1.54) is 23.3 Å². The molecule has 3 heterocycles. The van der Waals surface area contributed by atoms with Gasteiger partial charge in [-0.3, -0.25) is 4.90 Å². The third-order valence-corrected chi connectivity index (χ3v) is 6.91. The zero-order valence-electron chi connectivity index (χ0n) is 17.0. The summed E-state index contributed by atoms with van der Waals surface area (Å²) < 4.78 is 6.05. The molecule has 4 rings (SSSR count). The number of rotatable bonds is 7. The number of carbonyl (C=O) groups excluding carboxylic acids is 1. The number of fused-ring (bicyclic) bond motifs is 1. The molecule has 1 fully saturated rings. The highest BCUT2D eigenvalue weighted by Gasteiger charge is 2.22. The van der Waals surface area contributed by atoms with E-state index in [0.29, 0.717) is 25.0 Å². The number of ether oxygens (including phenoxy) is 1. The van der Waals surface area contributed by atoms with Gasteiger partial charge >= 0.3 is 6.03 Å². The first-order valence-electron chi connectivity index (χ1n) is 10.6. The summed E-state index contributed by atoms with van der Waals surface area (Å²) in [5, 5.41) is 8.13. The Hall–Kier alpha value is -2.12. The molecule has 2 amide bonds. The Labute approximate surface area is 176 Å². The topological polar surface area (TPSA) is 66.5 Å². The van der Waals surface area contributed by atoms with Crippen molar-refractivity contribution >= 4 is 17.4 Å². The van der Waals surface area contributed by atoms with E-state index in [1.807, 2.05) is 23.5 Å². The third-order valence-electron chi connectivity index (χ3n) is 5.89. The number of carbonyl (C=O) groups is 1. The van der Waals surface area contributed by atoms with Crippen molar-refractivity contribution in [3.8, 4) is 5.88 Å². The molecule has 0 unspecified atom stereocenters. The summed E-state index contributed by atoms with van der Waals surface area (Å²) in [5.74, 6) is 0.646. The molecular formula is C22H30N4O2S. The van der Waals surface area contributed by atoms with Gasteiger partial charge in [-0.05, 0) is 62.1 Å². The highest BCUT2D eigenvalue weighted by atomic mass is 32.1. The minimum absolute atomic E-state index is 0.152. The minimum atomic E-state index is -0.152. The lowest BCUT2D eigenvalue weighted by atomic mass is 10.1. The van der Waals surface area contributed by atoms with Crippen molar-refractivity contribution in [2.75, 3.05) is 13.1 Å². The van der Waals surface area contributed by atoms with Gasteiger partial charge in [0.1, 0.15) is 6.10 Å². The molecule has 6 nitrogen and oxygen atoms in total. The number of pyridine rings is 1. The maximum Gasteiger partial charge on any atom is 0.315 e. The number of thiophene rings is 1. The second-order valence-electron chi connectivity index (χ2n) is 7.99. The second-order valence-corrected chi connectivity index (χ2v) is 8.99. The van der Waals surface area contributed by atoms with Crippen molar-refractivity contribution in [3.05, 3.63) is 45.8 Å². The number of hydrogen-bond acceptors (Lipinski definition) is 5. The van der Waals surface area contributed by atoms with Crippen LogP contribution >= 0.6 is 11.3 Å². The van der Waals surface area contributed by atoms with E-state index >= 15 is 0 Å². The van der Waals surface area contributed by atoms with Crippen LogP contribution < -0.4 is 15.4 Å². The van der Waals surface area contributed by atoms with Crippen LogP contribution in [0.1, 0.15) is 48.6 Å². The molecule has 1 atom stereocenters. The zero-order valence-corrected chi connectivity index (χ0v) is 17.8. The fourth-order valence-corrected chi connectivity index (χ4v) is 4.97. The molecule has 0 spiro atoms. The van der Waals surface area contributed by atoms with Gasteiger partial charge in [-0.1, -0.05) is 6.07 Å². The molecule has 29 heavy (non-hydrogen) atoms. The summed E-state index contributed by atoms with van der Waals surface area (Å²) in [6, 6.07) is 6.21. The van der Waals surface area contributed by atoms with Crippen molar-refractivity contribution in [2.45, 2.75) is 64.3 Å². The molecule has 1 aliphatic carbocycles. The predicted molar refractivity (Wildman–Crippen MR) is 115 cm³/mol. The molecular weight excluding hydrogens is 384 g/mol. The highest BCUT2D eigenvalue weighted by molar-refractivity contribution is 7.10. The van der Waals surface area contributed by atoms with E-state index in [9.17, 15) is 4.79 Å². The number of amides is 2. The lowest BCUT2D eigenvalue weighted by Crippen LogP contribution is -2.46. The van der Waals surface area contributed by atoms with Crippen LogP contribution in [0, 0.1) is 0 Å². The molecule has 2 N–H and O–H groups in total.